The third-order valence-corrected chi connectivity index (χ3v) is 7.40. The van der Waals surface area contributed by atoms with Crippen LogP contribution in [0.5, 0.6) is 0 Å². The molecule has 9 heteroatoms. The van der Waals surface area contributed by atoms with Crippen LogP contribution in [0.25, 0.3) is 27.6 Å². The number of hydrogen-bond donors (Lipinski definition) is 2. The van der Waals surface area contributed by atoms with Crippen LogP contribution in [-0.4, -0.2) is 43.8 Å². The van der Waals surface area contributed by atoms with E-state index in [-0.39, 0.29) is 11.4 Å². The maximum atomic E-state index is 13.4. The van der Waals surface area contributed by atoms with Crippen molar-refractivity contribution in [1.82, 2.24) is 24.6 Å². The fraction of sp³-hybridized carbons (Fsp3) is 0.235. The van der Waals surface area contributed by atoms with Gasteiger partial charge < -0.3 is 15.0 Å². The van der Waals surface area contributed by atoms with Crippen molar-refractivity contribution in [2.75, 3.05) is 23.8 Å². The minimum atomic E-state index is -0.359. The summed E-state index contributed by atoms with van der Waals surface area (Å²) >= 11 is 0. The van der Waals surface area contributed by atoms with Crippen molar-refractivity contribution in [3.05, 3.63) is 109 Å². The van der Waals surface area contributed by atoms with Gasteiger partial charge in [0.05, 0.1) is 48.3 Å². The standard InChI is InChI=1S/C34H35N7O2/c1-23-9-12-26(21-35-23)41-32(19-31(39-41)34(2,3)4)38-33(42)37-30-14-13-27(28-7-5-6-8-29(28)30)24-10-11-25(36-20-24)22-40-15-17-43-18-16-40/h5-15,17,19-21H,16,18,22H2,1-4H3,(H2,37,38,42). The molecule has 5 aromatic rings. The van der Waals surface area contributed by atoms with E-state index >= 15 is 0 Å². The third-order valence-electron chi connectivity index (χ3n) is 7.40. The Balaban J connectivity index is 1.24. The zero-order chi connectivity index (χ0) is 30.0. The molecule has 0 atom stereocenters. The lowest BCUT2D eigenvalue weighted by Gasteiger charge is -2.22. The lowest BCUT2D eigenvalue weighted by atomic mass is 9.92. The fourth-order valence-corrected chi connectivity index (χ4v) is 5.01. The van der Waals surface area contributed by atoms with E-state index in [0.717, 1.165) is 57.8 Å². The molecule has 2 aromatic carbocycles. The summed E-state index contributed by atoms with van der Waals surface area (Å²) in [5, 5.41) is 12.8. The van der Waals surface area contributed by atoms with Gasteiger partial charge in [-0.15, -0.1) is 0 Å². The maximum Gasteiger partial charge on any atom is 0.324 e. The van der Waals surface area contributed by atoms with Crippen LogP contribution in [0.2, 0.25) is 0 Å². The molecule has 0 bridgehead atoms. The van der Waals surface area contributed by atoms with Gasteiger partial charge >= 0.3 is 6.03 Å². The highest BCUT2D eigenvalue weighted by Crippen LogP contribution is 2.33. The van der Waals surface area contributed by atoms with Gasteiger partial charge in [-0.2, -0.15) is 5.10 Å². The van der Waals surface area contributed by atoms with Crippen molar-refractivity contribution in [3.8, 4) is 16.8 Å². The van der Waals surface area contributed by atoms with E-state index in [2.05, 4.69) is 59.5 Å². The van der Waals surface area contributed by atoms with Crippen LogP contribution in [0.4, 0.5) is 16.3 Å². The summed E-state index contributed by atoms with van der Waals surface area (Å²) < 4.78 is 7.00. The molecule has 6 rings (SSSR count). The number of anilines is 2. The number of urea groups is 1. The molecule has 0 fully saturated rings. The topological polar surface area (TPSA) is 97.2 Å². The predicted molar refractivity (Wildman–Crippen MR) is 170 cm³/mol. The zero-order valence-electron chi connectivity index (χ0n) is 24.8. The summed E-state index contributed by atoms with van der Waals surface area (Å²) in [5.41, 5.74) is 6.10. The van der Waals surface area contributed by atoms with Gasteiger partial charge in [0, 0.05) is 40.5 Å². The summed E-state index contributed by atoms with van der Waals surface area (Å²) in [6, 6.07) is 21.6. The van der Waals surface area contributed by atoms with E-state index in [1.54, 1.807) is 17.1 Å². The van der Waals surface area contributed by atoms with Gasteiger partial charge in [0.25, 0.3) is 0 Å². The van der Waals surface area contributed by atoms with E-state index in [1.165, 1.54) is 0 Å². The normalized spacial score (nSPS) is 13.2. The number of fused-ring (bicyclic) bond motifs is 1. The number of aromatic nitrogens is 4. The molecule has 43 heavy (non-hydrogen) atoms. The van der Waals surface area contributed by atoms with E-state index < -0.39 is 0 Å². The summed E-state index contributed by atoms with van der Waals surface area (Å²) in [6.45, 7) is 10.5. The molecule has 2 amide bonds. The van der Waals surface area contributed by atoms with Crippen molar-refractivity contribution < 1.29 is 9.53 Å². The Labute approximate surface area is 251 Å². The van der Waals surface area contributed by atoms with Crippen molar-refractivity contribution in [3.63, 3.8) is 0 Å². The molecule has 218 valence electrons. The third kappa shape index (κ3) is 6.21. The quantitative estimate of drug-likeness (QED) is 0.226. The Morgan fingerprint density at radius 3 is 2.49 bits per heavy atom. The first kappa shape index (κ1) is 28.0. The number of aryl methyl sites for hydroxylation is 1. The van der Waals surface area contributed by atoms with Crippen molar-refractivity contribution in [2.45, 2.75) is 39.7 Å². The molecule has 0 unspecified atom stereocenters. The van der Waals surface area contributed by atoms with Gasteiger partial charge in [-0.25, -0.2) is 9.48 Å². The SMILES string of the molecule is Cc1ccc(-n2nc(C(C)(C)C)cc2NC(=O)Nc2ccc(-c3ccc(CN4C=COCC4)nc3)c3ccccc23)cn1. The molecule has 0 saturated carbocycles. The van der Waals surface area contributed by atoms with Crippen LogP contribution in [-0.2, 0) is 16.7 Å². The molecule has 1 aliphatic rings. The highest BCUT2D eigenvalue weighted by atomic mass is 16.5. The second kappa shape index (κ2) is 11.6. The molecule has 1 aliphatic heterocycles. The highest BCUT2D eigenvalue weighted by Gasteiger charge is 2.22. The summed E-state index contributed by atoms with van der Waals surface area (Å²) in [6.07, 6.45) is 7.34. The molecule has 3 aromatic heterocycles. The van der Waals surface area contributed by atoms with E-state index in [9.17, 15) is 4.79 Å². The minimum Gasteiger partial charge on any atom is -0.498 e. The summed E-state index contributed by atoms with van der Waals surface area (Å²) in [7, 11) is 0. The van der Waals surface area contributed by atoms with E-state index in [4.69, 9.17) is 14.8 Å². The lowest BCUT2D eigenvalue weighted by Crippen LogP contribution is -2.24. The Bertz CT molecular complexity index is 1790. The number of pyridine rings is 2. The lowest BCUT2D eigenvalue weighted by molar-refractivity contribution is 0.169. The smallest absolute Gasteiger partial charge is 0.324 e. The van der Waals surface area contributed by atoms with Crippen LogP contribution in [0.3, 0.4) is 0 Å². The molecular formula is C34H35N7O2. The molecule has 0 aliphatic carbocycles. The van der Waals surface area contributed by atoms with Crippen LogP contribution < -0.4 is 10.6 Å². The Kier molecular flexibility index (Phi) is 7.54. The predicted octanol–water partition coefficient (Wildman–Crippen LogP) is 7.04. The monoisotopic (exact) mass is 573 g/mol. The number of nitrogens with one attached hydrogen (secondary N) is 2. The Morgan fingerprint density at radius 1 is 0.953 bits per heavy atom. The summed E-state index contributed by atoms with van der Waals surface area (Å²) in [4.78, 5) is 24.7. The molecule has 0 saturated heterocycles. The summed E-state index contributed by atoms with van der Waals surface area (Å²) in [5.74, 6) is 0.563. The van der Waals surface area contributed by atoms with Gasteiger partial charge in [-0.1, -0.05) is 57.2 Å². The number of ether oxygens (including phenoxy) is 1. The largest absolute Gasteiger partial charge is 0.498 e. The number of rotatable bonds is 6. The number of carbonyl (C=O) groups excluding carboxylic acids is 1. The van der Waals surface area contributed by atoms with Gasteiger partial charge in [0.2, 0.25) is 0 Å². The highest BCUT2D eigenvalue weighted by molar-refractivity contribution is 6.09. The average molecular weight is 574 g/mol. The van der Waals surface area contributed by atoms with Crippen LogP contribution in [0.1, 0.15) is 37.9 Å². The van der Waals surface area contributed by atoms with Crippen molar-refractivity contribution in [2.24, 2.45) is 0 Å². The fourth-order valence-electron chi connectivity index (χ4n) is 5.01. The number of carbonyl (C=O) groups is 1. The Hall–Kier alpha value is -5.18. The van der Waals surface area contributed by atoms with E-state index in [1.807, 2.05) is 67.9 Å². The molecule has 2 N–H and O–H groups in total. The van der Waals surface area contributed by atoms with Crippen LogP contribution in [0, 0.1) is 6.92 Å². The molecular weight excluding hydrogens is 538 g/mol. The first-order valence-corrected chi connectivity index (χ1v) is 14.4. The number of amides is 2. The number of hydrogen-bond acceptors (Lipinski definition) is 6. The first-order valence-electron chi connectivity index (χ1n) is 14.4. The van der Waals surface area contributed by atoms with Crippen molar-refractivity contribution >= 4 is 28.3 Å². The number of nitrogens with zero attached hydrogens (tertiary/aromatic N) is 5. The van der Waals surface area contributed by atoms with Gasteiger partial charge in [-0.05, 0) is 42.1 Å². The molecule has 4 heterocycles. The Morgan fingerprint density at radius 2 is 1.79 bits per heavy atom. The second-order valence-electron chi connectivity index (χ2n) is 11.7. The molecule has 0 radical (unpaired) electrons. The van der Waals surface area contributed by atoms with Crippen molar-refractivity contribution in [1.29, 1.82) is 0 Å². The minimum absolute atomic E-state index is 0.199. The molecule has 9 nitrogen and oxygen atoms in total. The zero-order valence-corrected chi connectivity index (χ0v) is 24.8. The first-order chi connectivity index (χ1) is 20.7. The van der Waals surface area contributed by atoms with E-state index in [0.29, 0.717) is 18.1 Å². The second-order valence-corrected chi connectivity index (χ2v) is 11.7. The van der Waals surface area contributed by atoms with Gasteiger partial charge in [-0.3, -0.25) is 15.3 Å². The average Bonchev–Trinajstić information content (AvgIpc) is 3.43. The number of benzene rings is 2. The van der Waals surface area contributed by atoms with Crippen LogP contribution in [0.15, 0.2) is 91.6 Å². The van der Waals surface area contributed by atoms with Crippen LogP contribution >= 0.6 is 0 Å². The maximum absolute atomic E-state index is 13.4. The van der Waals surface area contributed by atoms with Gasteiger partial charge in [0.15, 0.2) is 0 Å². The van der Waals surface area contributed by atoms with Gasteiger partial charge in [0.1, 0.15) is 12.4 Å². The molecule has 0 spiro atoms.